The van der Waals surface area contributed by atoms with Gasteiger partial charge in [-0.05, 0) is 31.9 Å². The number of carbonyl (C=O) groups excluding carboxylic acids is 1. The van der Waals surface area contributed by atoms with Gasteiger partial charge in [0.2, 0.25) is 5.91 Å². The Kier molecular flexibility index (Phi) is 6.80. The third kappa shape index (κ3) is 5.41. The number of amides is 1. The maximum absolute atomic E-state index is 12.0. The summed E-state index contributed by atoms with van der Waals surface area (Å²) in [5, 5.41) is 3.85. The molecule has 0 heterocycles. The van der Waals surface area contributed by atoms with Crippen molar-refractivity contribution in [2.24, 2.45) is 0 Å². The number of benzene rings is 1. The van der Waals surface area contributed by atoms with Gasteiger partial charge in [0, 0.05) is 22.4 Å². The van der Waals surface area contributed by atoms with Gasteiger partial charge in [0.05, 0.1) is 5.25 Å². The Morgan fingerprint density at radius 2 is 2.00 bits per heavy atom. The molecule has 2 rings (SSSR count). The van der Waals surface area contributed by atoms with Crippen LogP contribution in [0.2, 0.25) is 0 Å². The van der Waals surface area contributed by atoms with E-state index in [2.05, 4.69) is 5.32 Å². The summed E-state index contributed by atoms with van der Waals surface area (Å²) in [6, 6.07) is 10.1. The molecule has 0 bridgehead atoms. The first-order chi connectivity index (χ1) is 9.75. The number of nitrogens with one attached hydrogen (secondary N) is 1. The minimum atomic E-state index is -0.0334. The highest BCUT2D eigenvalue weighted by atomic mass is 32.2. The average molecular weight is 310 g/mol. The van der Waals surface area contributed by atoms with Crippen molar-refractivity contribution < 1.29 is 4.79 Å². The van der Waals surface area contributed by atoms with E-state index in [1.54, 1.807) is 11.8 Å². The highest BCUT2D eigenvalue weighted by Crippen LogP contribution is 2.29. The fourth-order valence-electron chi connectivity index (χ4n) is 2.36. The SMILES string of the molecule is CC(Sc1ccccc1)C(=O)NCCSC1CCCC1. The lowest BCUT2D eigenvalue weighted by molar-refractivity contribution is -0.120. The number of hydrogen-bond donors (Lipinski definition) is 1. The van der Waals surface area contributed by atoms with Gasteiger partial charge < -0.3 is 5.32 Å². The predicted octanol–water partition coefficient (Wildman–Crippen LogP) is 3.96. The summed E-state index contributed by atoms with van der Waals surface area (Å²) in [5.74, 6) is 1.19. The van der Waals surface area contributed by atoms with Crippen LogP contribution in [-0.2, 0) is 4.79 Å². The molecule has 4 heteroatoms. The summed E-state index contributed by atoms with van der Waals surface area (Å²) < 4.78 is 0. The van der Waals surface area contributed by atoms with Gasteiger partial charge in [-0.2, -0.15) is 11.8 Å². The minimum Gasteiger partial charge on any atom is -0.354 e. The van der Waals surface area contributed by atoms with Crippen molar-refractivity contribution in [1.82, 2.24) is 5.32 Å². The molecule has 1 aliphatic carbocycles. The Morgan fingerprint density at radius 1 is 1.30 bits per heavy atom. The molecule has 2 nitrogen and oxygen atoms in total. The van der Waals surface area contributed by atoms with E-state index in [0.29, 0.717) is 0 Å². The molecule has 1 fully saturated rings. The van der Waals surface area contributed by atoms with Crippen LogP contribution in [0, 0.1) is 0 Å². The van der Waals surface area contributed by atoms with Crippen LogP contribution in [0.25, 0.3) is 0 Å². The molecule has 0 spiro atoms. The molecule has 20 heavy (non-hydrogen) atoms. The number of hydrogen-bond acceptors (Lipinski definition) is 3. The summed E-state index contributed by atoms with van der Waals surface area (Å²) in [4.78, 5) is 13.2. The number of carbonyl (C=O) groups is 1. The molecule has 1 atom stereocenters. The van der Waals surface area contributed by atoms with Crippen molar-refractivity contribution in [3.05, 3.63) is 30.3 Å². The molecule has 1 aromatic rings. The number of rotatable bonds is 7. The first-order valence-electron chi connectivity index (χ1n) is 7.37. The van der Waals surface area contributed by atoms with E-state index < -0.39 is 0 Å². The zero-order valence-corrected chi connectivity index (χ0v) is 13.6. The van der Waals surface area contributed by atoms with Gasteiger partial charge in [-0.1, -0.05) is 31.0 Å². The molecule has 1 saturated carbocycles. The van der Waals surface area contributed by atoms with Crippen LogP contribution in [0.15, 0.2) is 35.2 Å². The van der Waals surface area contributed by atoms with Gasteiger partial charge in [-0.15, -0.1) is 11.8 Å². The fourth-order valence-corrected chi connectivity index (χ4v) is 4.49. The van der Waals surface area contributed by atoms with E-state index in [4.69, 9.17) is 0 Å². The second-order valence-corrected chi connectivity index (χ2v) is 7.96. The van der Waals surface area contributed by atoms with Gasteiger partial charge >= 0.3 is 0 Å². The smallest absolute Gasteiger partial charge is 0.233 e. The first kappa shape index (κ1) is 15.8. The fraction of sp³-hybridized carbons (Fsp3) is 0.562. The minimum absolute atomic E-state index is 0.0334. The third-order valence-electron chi connectivity index (χ3n) is 3.48. The van der Waals surface area contributed by atoms with Crippen LogP contribution in [0.1, 0.15) is 32.6 Å². The zero-order chi connectivity index (χ0) is 14.2. The summed E-state index contributed by atoms with van der Waals surface area (Å²) in [6.07, 6.45) is 5.49. The van der Waals surface area contributed by atoms with E-state index in [1.807, 2.05) is 49.0 Å². The average Bonchev–Trinajstić information content (AvgIpc) is 2.97. The van der Waals surface area contributed by atoms with E-state index >= 15 is 0 Å². The van der Waals surface area contributed by atoms with Gasteiger partial charge in [-0.25, -0.2) is 0 Å². The molecular weight excluding hydrogens is 286 g/mol. The van der Waals surface area contributed by atoms with E-state index in [0.717, 1.165) is 22.4 Å². The van der Waals surface area contributed by atoms with Crippen LogP contribution in [0.3, 0.4) is 0 Å². The summed E-state index contributed by atoms with van der Waals surface area (Å²) in [5.41, 5.74) is 0. The van der Waals surface area contributed by atoms with Crippen LogP contribution in [0.5, 0.6) is 0 Å². The zero-order valence-electron chi connectivity index (χ0n) is 12.0. The molecule has 0 radical (unpaired) electrons. The molecule has 1 amide bonds. The number of thioether (sulfide) groups is 2. The standard InChI is InChI=1S/C16H23NOS2/c1-13(20-15-9-3-2-4-10-15)16(18)17-11-12-19-14-7-5-6-8-14/h2-4,9-10,13-14H,5-8,11-12H2,1H3,(H,17,18). The molecule has 0 aliphatic heterocycles. The second kappa shape index (κ2) is 8.63. The maximum Gasteiger partial charge on any atom is 0.233 e. The third-order valence-corrected chi connectivity index (χ3v) is 5.98. The predicted molar refractivity (Wildman–Crippen MR) is 89.5 cm³/mol. The van der Waals surface area contributed by atoms with Gasteiger partial charge in [-0.3, -0.25) is 4.79 Å². The molecule has 0 aromatic heterocycles. The van der Waals surface area contributed by atoms with Crippen molar-refractivity contribution in [1.29, 1.82) is 0 Å². The molecular formula is C16H23NOS2. The lowest BCUT2D eigenvalue weighted by atomic mass is 10.4. The molecule has 1 unspecified atom stereocenters. The van der Waals surface area contributed by atoms with E-state index in [1.165, 1.54) is 25.7 Å². The van der Waals surface area contributed by atoms with Gasteiger partial charge in [0.25, 0.3) is 0 Å². The highest BCUT2D eigenvalue weighted by Gasteiger charge is 2.16. The van der Waals surface area contributed by atoms with E-state index in [-0.39, 0.29) is 11.2 Å². The Balaban J connectivity index is 1.61. The van der Waals surface area contributed by atoms with Gasteiger partial charge in [0.15, 0.2) is 0 Å². The topological polar surface area (TPSA) is 29.1 Å². The Morgan fingerprint density at radius 3 is 2.70 bits per heavy atom. The first-order valence-corrected chi connectivity index (χ1v) is 9.29. The molecule has 1 aromatic carbocycles. The van der Waals surface area contributed by atoms with Crippen LogP contribution >= 0.6 is 23.5 Å². The summed E-state index contributed by atoms with van der Waals surface area (Å²) in [6.45, 7) is 2.76. The van der Waals surface area contributed by atoms with E-state index in [9.17, 15) is 4.79 Å². The van der Waals surface area contributed by atoms with Crippen molar-refractivity contribution in [2.75, 3.05) is 12.3 Å². The van der Waals surface area contributed by atoms with Crippen LogP contribution in [-0.4, -0.2) is 28.7 Å². The molecule has 1 aliphatic rings. The van der Waals surface area contributed by atoms with Crippen LogP contribution in [0.4, 0.5) is 0 Å². The Hall–Kier alpha value is -0.610. The lowest BCUT2D eigenvalue weighted by Gasteiger charge is -2.13. The van der Waals surface area contributed by atoms with Crippen molar-refractivity contribution in [3.8, 4) is 0 Å². The normalized spacial score (nSPS) is 17.1. The summed E-state index contributed by atoms with van der Waals surface area (Å²) >= 11 is 3.64. The monoisotopic (exact) mass is 309 g/mol. The molecule has 1 N–H and O–H groups in total. The van der Waals surface area contributed by atoms with Crippen LogP contribution < -0.4 is 5.32 Å². The molecule has 0 saturated heterocycles. The van der Waals surface area contributed by atoms with Crippen molar-refractivity contribution in [2.45, 2.75) is 48.0 Å². The van der Waals surface area contributed by atoms with Crippen molar-refractivity contribution >= 4 is 29.4 Å². The maximum atomic E-state index is 12.0. The summed E-state index contributed by atoms with van der Waals surface area (Å²) in [7, 11) is 0. The Bertz CT molecular complexity index is 404. The highest BCUT2D eigenvalue weighted by molar-refractivity contribution is 8.00. The quantitative estimate of drug-likeness (QED) is 0.610. The lowest BCUT2D eigenvalue weighted by Crippen LogP contribution is -2.32. The van der Waals surface area contributed by atoms with Crippen molar-refractivity contribution in [3.63, 3.8) is 0 Å². The van der Waals surface area contributed by atoms with Gasteiger partial charge in [0.1, 0.15) is 0 Å². The Labute approximate surface area is 130 Å². The molecule has 110 valence electrons. The second-order valence-electron chi connectivity index (χ2n) is 5.14. The largest absolute Gasteiger partial charge is 0.354 e.